The number of hydrogen-bond acceptors (Lipinski definition) is 3. The molecule has 1 aromatic rings. The Bertz CT molecular complexity index is 570. The van der Waals surface area contributed by atoms with Gasteiger partial charge < -0.3 is 15.1 Å². The van der Waals surface area contributed by atoms with Gasteiger partial charge >= 0.3 is 0 Å². The zero-order valence-electron chi connectivity index (χ0n) is 11.8. The quantitative estimate of drug-likeness (QED) is 0.861. The zero-order valence-corrected chi connectivity index (χ0v) is 11.8. The van der Waals surface area contributed by atoms with Crippen LogP contribution in [-0.4, -0.2) is 55.3 Å². The Balaban J connectivity index is 1.86. The van der Waals surface area contributed by atoms with Gasteiger partial charge in [0.05, 0.1) is 12.0 Å². The molecule has 1 N–H and O–H groups in total. The van der Waals surface area contributed by atoms with Gasteiger partial charge in [-0.05, 0) is 32.1 Å². The highest BCUT2D eigenvalue weighted by atomic mass is 16.2. The van der Waals surface area contributed by atoms with Crippen molar-refractivity contribution in [1.29, 1.82) is 0 Å². The molecule has 1 saturated heterocycles. The van der Waals surface area contributed by atoms with Crippen molar-refractivity contribution in [3.8, 4) is 0 Å². The van der Waals surface area contributed by atoms with Crippen LogP contribution in [0.4, 0.5) is 5.69 Å². The molecule has 0 saturated carbocycles. The maximum atomic E-state index is 12.4. The van der Waals surface area contributed by atoms with E-state index in [9.17, 15) is 9.59 Å². The number of para-hydroxylation sites is 1. The number of anilines is 1. The predicted molar refractivity (Wildman–Crippen MR) is 76.5 cm³/mol. The van der Waals surface area contributed by atoms with Gasteiger partial charge in [-0.3, -0.25) is 9.59 Å². The number of benzene rings is 1. The summed E-state index contributed by atoms with van der Waals surface area (Å²) in [7, 11) is 3.75. The minimum Gasteiger partial charge on any atom is -0.340 e. The van der Waals surface area contributed by atoms with Crippen molar-refractivity contribution >= 4 is 17.5 Å². The molecule has 0 aliphatic carbocycles. The van der Waals surface area contributed by atoms with Crippen molar-refractivity contribution in [2.45, 2.75) is 11.8 Å². The van der Waals surface area contributed by atoms with E-state index >= 15 is 0 Å². The highest BCUT2D eigenvalue weighted by molar-refractivity contribution is 6.07. The molecule has 3 rings (SSSR count). The molecule has 0 bridgehead atoms. The molecule has 20 heavy (non-hydrogen) atoms. The molecule has 106 valence electrons. The summed E-state index contributed by atoms with van der Waals surface area (Å²) in [6.45, 7) is 1.52. The average Bonchev–Trinajstić information content (AvgIpc) is 2.95. The van der Waals surface area contributed by atoms with Crippen LogP contribution in [0, 0.1) is 0 Å². The van der Waals surface area contributed by atoms with Crippen molar-refractivity contribution in [2.24, 2.45) is 0 Å². The molecule has 1 atom stereocenters. The molecule has 5 heteroatoms. The van der Waals surface area contributed by atoms with Gasteiger partial charge in [0, 0.05) is 18.8 Å². The first-order valence-electron chi connectivity index (χ1n) is 6.86. The number of fused-ring (bicyclic) bond motifs is 2. The van der Waals surface area contributed by atoms with E-state index in [0.29, 0.717) is 26.1 Å². The Morgan fingerprint density at radius 2 is 2.15 bits per heavy atom. The third-order valence-electron chi connectivity index (χ3n) is 4.20. The number of likely N-dealkylation sites (tertiary alicyclic amines) is 1. The van der Waals surface area contributed by atoms with E-state index in [0.717, 1.165) is 11.3 Å². The molecule has 0 aromatic heterocycles. The lowest BCUT2D eigenvalue weighted by molar-refractivity contribution is -0.131. The van der Waals surface area contributed by atoms with Crippen LogP contribution in [0.5, 0.6) is 0 Å². The molecule has 5 nitrogen and oxygen atoms in total. The Labute approximate surface area is 118 Å². The molecule has 1 aromatic carbocycles. The molecule has 2 heterocycles. The summed E-state index contributed by atoms with van der Waals surface area (Å²) in [4.78, 5) is 28.2. The van der Waals surface area contributed by atoms with Crippen molar-refractivity contribution in [2.75, 3.05) is 39.0 Å². The van der Waals surface area contributed by atoms with Gasteiger partial charge in [0.15, 0.2) is 0 Å². The van der Waals surface area contributed by atoms with Gasteiger partial charge in [-0.25, -0.2) is 0 Å². The van der Waals surface area contributed by atoms with Crippen molar-refractivity contribution in [1.82, 2.24) is 9.80 Å². The SMILES string of the molecule is CN(C)CC(=O)N1CC[C@]2(C1)C(=O)Nc1ccccc12. The number of carbonyl (C=O) groups excluding carboxylic acids is 2. The zero-order chi connectivity index (χ0) is 14.3. The molecule has 2 amide bonds. The average molecular weight is 273 g/mol. The summed E-state index contributed by atoms with van der Waals surface area (Å²) < 4.78 is 0. The van der Waals surface area contributed by atoms with E-state index in [1.54, 1.807) is 0 Å². The third kappa shape index (κ3) is 1.89. The fourth-order valence-electron chi connectivity index (χ4n) is 3.17. The van der Waals surface area contributed by atoms with Crippen LogP contribution in [0.1, 0.15) is 12.0 Å². The van der Waals surface area contributed by atoms with E-state index in [1.165, 1.54) is 0 Å². The van der Waals surface area contributed by atoms with Gasteiger partial charge in [0.1, 0.15) is 0 Å². The number of amides is 2. The second kappa shape index (κ2) is 4.59. The number of nitrogens with zero attached hydrogens (tertiary/aromatic N) is 2. The smallest absolute Gasteiger partial charge is 0.236 e. The lowest BCUT2D eigenvalue weighted by atomic mass is 9.81. The maximum absolute atomic E-state index is 12.4. The molecule has 2 aliphatic heterocycles. The lowest BCUT2D eigenvalue weighted by Gasteiger charge is -2.23. The highest BCUT2D eigenvalue weighted by Gasteiger charge is 2.51. The molecule has 2 aliphatic rings. The molecule has 1 fully saturated rings. The van der Waals surface area contributed by atoms with E-state index in [1.807, 2.05) is 48.2 Å². The van der Waals surface area contributed by atoms with Crippen molar-refractivity contribution in [3.63, 3.8) is 0 Å². The monoisotopic (exact) mass is 273 g/mol. The van der Waals surface area contributed by atoms with Crippen LogP contribution >= 0.6 is 0 Å². The van der Waals surface area contributed by atoms with Gasteiger partial charge in [-0.2, -0.15) is 0 Å². The van der Waals surface area contributed by atoms with Crippen LogP contribution in [-0.2, 0) is 15.0 Å². The fraction of sp³-hybridized carbons (Fsp3) is 0.467. The van der Waals surface area contributed by atoms with Gasteiger partial charge in [0.25, 0.3) is 0 Å². The fourth-order valence-corrected chi connectivity index (χ4v) is 3.17. The second-order valence-corrected chi connectivity index (χ2v) is 5.88. The van der Waals surface area contributed by atoms with Crippen LogP contribution < -0.4 is 5.32 Å². The largest absolute Gasteiger partial charge is 0.340 e. The standard InChI is InChI=1S/C15H19N3O2/c1-17(2)9-13(19)18-8-7-15(10-18)11-5-3-4-6-12(11)16-14(15)20/h3-6H,7-10H2,1-2H3,(H,16,20)/t15-/m1/s1. The number of rotatable bonds is 2. The first-order valence-corrected chi connectivity index (χ1v) is 6.86. The first-order chi connectivity index (χ1) is 9.53. The number of nitrogens with one attached hydrogen (secondary N) is 1. The summed E-state index contributed by atoms with van der Waals surface area (Å²) in [6.07, 6.45) is 0.703. The highest BCUT2D eigenvalue weighted by Crippen LogP contribution is 2.43. The Morgan fingerprint density at radius 3 is 2.90 bits per heavy atom. The number of carbonyl (C=O) groups is 2. The third-order valence-corrected chi connectivity index (χ3v) is 4.20. The summed E-state index contributed by atoms with van der Waals surface area (Å²) >= 11 is 0. The normalized spacial score (nSPS) is 24.4. The van der Waals surface area contributed by atoms with Crippen molar-refractivity contribution in [3.05, 3.63) is 29.8 Å². The minimum absolute atomic E-state index is 0.0267. The van der Waals surface area contributed by atoms with Gasteiger partial charge in [-0.1, -0.05) is 18.2 Å². The van der Waals surface area contributed by atoms with Crippen molar-refractivity contribution < 1.29 is 9.59 Å². The molecule has 0 radical (unpaired) electrons. The molecular weight excluding hydrogens is 254 g/mol. The topological polar surface area (TPSA) is 52.7 Å². The van der Waals surface area contributed by atoms with E-state index < -0.39 is 5.41 Å². The van der Waals surface area contributed by atoms with Crippen LogP contribution in [0.3, 0.4) is 0 Å². The van der Waals surface area contributed by atoms with Gasteiger partial charge in [0.2, 0.25) is 11.8 Å². The maximum Gasteiger partial charge on any atom is 0.236 e. The van der Waals surface area contributed by atoms with E-state index in [4.69, 9.17) is 0 Å². The summed E-state index contributed by atoms with van der Waals surface area (Å²) in [5.74, 6) is 0.114. The summed E-state index contributed by atoms with van der Waals surface area (Å²) in [6, 6.07) is 7.78. The van der Waals surface area contributed by atoms with Crippen LogP contribution in [0.25, 0.3) is 0 Å². The van der Waals surface area contributed by atoms with E-state index in [-0.39, 0.29) is 11.8 Å². The van der Waals surface area contributed by atoms with E-state index in [2.05, 4.69) is 5.32 Å². The molecule has 0 unspecified atom stereocenters. The number of likely N-dealkylation sites (N-methyl/N-ethyl adjacent to an activating group) is 1. The Hall–Kier alpha value is -1.88. The van der Waals surface area contributed by atoms with Crippen LogP contribution in [0.15, 0.2) is 24.3 Å². The Kier molecular flexibility index (Phi) is 3.01. The van der Waals surface area contributed by atoms with Gasteiger partial charge in [-0.15, -0.1) is 0 Å². The summed E-state index contributed by atoms with van der Waals surface area (Å²) in [5, 5.41) is 2.94. The second-order valence-electron chi connectivity index (χ2n) is 5.88. The molecular formula is C15H19N3O2. The Morgan fingerprint density at radius 1 is 1.40 bits per heavy atom. The first kappa shape index (κ1) is 13.1. The molecule has 1 spiro atoms. The predicted octanol–water partition coefficient (Wildman–Crippen LogP) is 0.670. The summed E-state index contributed by atoms with van der Waals surface area (Å²) in [5.41, 5.74) is 1.38. The minimum atomic E-state index is -0.543. The number of hydrogen-bond donors (Lipinski definition) is 1. The lowest BCUT2D eigenvalue weighted by Crippen LogP contribution is -2.41. The van der Waals surface area contributed by atoms with Crippen LogP contribution in [0.2, 0.25) is 0 Å².